The largest absolute Gasteiger partial charge is 0.480 e. The Bertz CT molecular complexity index is 358. The zero-order valence-electron chi connectivity index (χ0n) is 9.00. The Morgan fingerprint density at radius 2 is 1.88 bits per heavy atom. The molecule has 0 saturated carbocycles. The highest BCUT2D eigenvalue weighted by molar-refractivity contribution is 7.89. The molecule has 1 rings (SSSR count). The lowest BCUT2D eigenvalue weighted by molar-refractivity contribution is -0.138. The lowest BCUT2D eigenvalue weighted by atomic mass is 10.3. The molecular weight excluding hydrogens is 232 g/mol. The number of sulfonamides is 1. The molecule has 92 valence electrons. The number of carboxylic acids is 1. The summed E-state index contributed by atoms with van der Waals surface area (Å²) in [4.78, 5) is 12.2. The summed E-state index contributed by atoms with van der Waals surface area (Å²) in [6, 6.07) is 0. The second-order valence-corrected chi connectivity index (χ2v) is 5.65. The molecule has 1 N–H and O–H groups in total. The van der Waals surface area contributed by atoms with E-state index >= 15 is 0 Å². The average Bonchev–Trinajstić information content (AvgIpc) is 2.17. The minimum Gasteiger partial charge on any atom is -0.480 e. The molecule has 0 atom stereocenters. The van der Waals surface area contributed by atoms with Crippen LogP contribution in [0.2, 0.25) is 0 Å². The lowest BCUT2D eigenvalue weighted by Gasteiger charge is -2.32. The van der Waals surface area contributed by atoms with Gasteiger partial charge in [0, 0.05) is 26.2 Å². The smallest absolute Gasteiger partial charge is 0.317 e. The van der Waals surface area contributed by atoms with E-state index in [1.807, 2.05) is 0 Å². The highest BCUT2D eigenvalue weighted by Gasteiger charge is 2.26. The fourth-order valence-electron chi connectivity index (χ4n) is 1.61. The molecular formula is C9H16N2O4S. The molecule has 16 heavy (non-hydrogen) atoms. The van der Waals surface area contributed by atoms with Gasteiger partial charge in [-0.3, -0.25) is 9.69 Å². The maximum absolute atomic E-state index is 11.6. The molecule has 0 spiro atoms. The van der Waals surface area contributed by atoms with E-state index in [1.165, 1.54) is 10.4 Å². The maximum Gasteiger partial charge on any atom is 0.317 e. The summed E-state index contributed by atoms with van der Waals surface area (Å²) in [6.07, 6.45) is 1.36. The Kier molecular flexibility index (Phi) is 4.45. The van der Waals surface area contributed by atoms with E-state index in [9.17, 15) is 13.2 Å². The normalized spacial score (nSPS) is 19.5. The number of nitrogens with zero attached hydrogens (tertiary/aromatic N) is 2. The summed E-state index contributed by atoms with van der Waals surface area (Å²) < 4.78 is 24.7. The molecule has 7 heteroatoms. The van der Waals surface area contributed by atoms with Gasteiger partial charge in [-0.15, -0.1) is 6.58 Å². The van der Waals surface area contributed by atoms with Crippen molar-refractivity contribution in [3.05, 3.63) is 12.7 Å². The minimum absolute atomic E-state index is 0.0324. The molecule has 1 aliphatic rings. The van der Waals surface area contributed by atoms with Crippen molar-refractivity contribution in [3.63, 3.8) is 0 Å². The van der Waals surface area contributed by atoms with Crippen molar-refractivity contribution in [2.45, 2.75) is 0 Å². The van der Waals surface area contributed by atoms with E-state index in [2.05, 4.69) is 6.58 Å². The highest BCUT2D eigenvalue weighted by atomic mass is 32.2. The van der Waals surface area contributed by atoms with Crippen molar-refractivity contribution in [1.82, 2.24) is 9.21 Å². The van der Waals surface area contributed by atoms with Crippen LogP contribution in [0.5, 0.6) is 0 Å². The molecule has 1 saturated heterocycles. The molecule has 0 radical (unpaired) electrons. The summed E-state index contributed by atoms with van der Waals surface area (Å²) in [5.41, 5.74) is 0. The molecule has 6 nitrogen and oxygen atoms in total. The van der Waals surface area contributed by atoms with Gasteiger partial charge < -0.3 is 5.11 Å². The number of rotatable bonds is 5. The summed E-state index contributed by atoms with van der Waals surface area (Å²) in [5, 5.41) is 8.59. The third-order valence-corrected chi connectivity index (χ3v) is 4.22. The van der Waals surface area contributed by atoms with Gasteiger partial charge in [0.1, 0.15) is 0 Å². The molecule has 0 aromatic heterocycles. The minimum atomic E-state index is -3.24. The van der Waals surface area contributed by atoms with E-state index in [4.69, 9.17) is 5.11 Å². The Balaban J connectivity index is 2.48. The van der Waals surface area contributed by atoms with E-state index in [-0.39, 0.29) is 12.3 Å². The maximum atomic E-state index is 11.6. The van der Waals surface area contributed by atoms with Crippen LogP contribution in [-0.4, -0.2) is 67.2 Å². The van der Waals surface area contributed by atoms with Gasteiger partial charge in [0.15, 0.2) is 0 Å². The van der Waals surface area contributed by atoms with Crippen LogP contribution in [0.3, 0.4) is 0 Å². The van der Waals surface area contributed by atoms with Crippen LogP contribution < -0.4 is 0 Å². The first-order chi connectivity index (χ1) is 7.45. The number of aliphatic carboxylic acids is 1. The molecule has 0 aromatic rings. The number of hydrogen-bond acceptors (Lipinski definition) is 4. The Morgan fingerprint density at radius 3 is 2.31 bits per heavy atom. The van der Waals surface area contributed by atoms with Crippen LogP contribution in [0.4, 0.5) is 0 Å². The molecule has 0 unspecified atom stereocenters. The summed E-state index contributed by atoms with van der Waals surface area (Å²) in [5.74, 6) is -0.950. The lowest BCUT2D eigenvalue weighted by Crippen LogP contribution is -2.50. The third-order valence-electron chi connectivity index (χ3n) is 2.41. The van der Waals surface area contributed by atoms with E-state index in [1.54, 1.807) is 4.90 Å². The summed E-state index contributed by atoms with van der Waals surface area (Å²) >= 11 is 0. The van der Waals surface area contributed by atoms with Gasteiger partial charge in [0.25, 0.3) is 0 Å². The third kappa shape index (κ3) is 3.58. The number of piperazine rings is 1. The number of hydrogen-bond donors (Lipinski definition) is 1. The van der Waals surface area contributed by atoms with E-state index in [0.29, 0.717) is 26.2 Å². The Labute approximate surface area is 95.2 Å². The van der Waals surface area contributed by atoms with Crippen LogP contribution in [0.1, 0.15) is 0 Å². The molecule has 0 amide bonds. The van der Waals surface area contributed by atoms with Crippen molar-refractivity contribution >= 4 is 16.0 Å². The van der Waals surface area contributed by atoms with E-state index < -0.39 is 16.0 Å². The van der Waals surface area contributed by atoms with Gasteiger partial charge in [0.05, 0.1) is 12.3 Å². The van der Waals surface area contributed by atoms with Crippen LogP contribution in [-0.2, 0) is 14.8 Å². The first kappa shape index (κ1) is 13.1. The van der Waals surface area contributed by atoms with Crippen LogP contribution in [0.15, 0.2) is 12.7 Å². The van der Waals surface area contributed by atoms with Gasteiger partial charge in [-0.25, -0.2) is 8.42 Å². The fraction of sp³-hybridized carbons (Fsp3) is 0.667. The van der Waals surface area contributed by atoms with Crippen molar-refractivity contribution < 1.29 is 18.3 Å². The second kappa shape index (κ2) is 5.42. The van der Waals surface area contributed by atoms with Gasteiger partial charge >= 0.3 is 5.97 Å². The number of carbonyl (C=O) groups is 1. The van der Waals surface area contributed by atoms with Gasteiger partial charge in [-0.1, -0.05) is 6.08 Å². The van der Waals surface area contributed by atoms with Crippen LogP contribution in [0, 0.1) is 0 Å². The van der Waals surface area contributed by atoms with Crippen LogP contribution >= 0.6 is 0 Å². The second-order valence-electron chi connectivity index (χ2n) is 3.64. The molecule has 0 aliphatic carbocycles. The number of carboxylic acid groups (broad SMARTS) is 1. The molecule has 0 aromatic carbocycles. The zero-order chi connectivity index (χ0) is 12.2. The topological polar surface area (TPSA) is 77.9 Å². The molecule has 1 aliphatic heterocycles. The average molecular weight is 248 g/mol. The summed E-state index contributed by atoms with van der Waals surface area (Å²) in [7, 11) is -3.24. The standard InChI is InChI=1S/C9H16N2O4S/c1-2-7-16(14,15)11-5-3-10(4-6-11)8-9(12)13/h2H,1,3-8H2,(H,12,13). The van der Waals surface area contributed by atoms with Crippen LogP contribution in [0.25, 0.3) is 0 Å². The SMILES string of the molecule is C=CCS(=O)(=O)N1CCN(CC(=O)O)CC1. The van der Waals surface area contributed by atoms with E-state index in [0.717, 1.165) is 0 Å². The molecule has 0 bridgehead atoms. The Morgan fingerprint density at radius 1 is 1.31 bits per heavy atom. The molecule has 1 fully saturated rings. The van der Waals surface area contributed by atoms with Gasteiger partial charge in [-0.05, 0) is 0 Å². The predicted octanol–water partition coefficient (Wildman–Crippen LogP) is -0.796. The fourth-order valence-corrected chi connectivity index (χ4v) is 2.84. The monoisotopic (exact) mass is 248 g/mol. The van der Waals surface area contributed by atoms with Gasteiger partial charge in [0.2, 0.25) is 10.0 Å². The zero-order valence-corrected chi connectivity index (χ0v) is 9.82. The quantitative estimate of drug-likeness (QED) is 0.645. The first-order valence-electron chi connectivity index (χ1n) is 4.98. The van der Waals surface area contributed by atoms with Crippen molar-refractivity contribution in [1.29, 1.82) is 0 Å². The van der Waals surface area contributed by atoms with Gasteiger partial charge in [-0.2, -0.15) is 4.31 Å². The first-order valence-corrected chi connectivity index (χ1v) is 6.59. The highest BCUT2D eigenvalue weighted by Crippen LogP contribution is 2.07. The van der Waals surface area contributed by atoms with Crippen molar-refractivity contribution in [2.24, 2.45) is 0 Å². The summed E-state index contributed by atoms with van der Waals surface area (Å²) in [6.45, 7) is 4.99. The molecule has 1 heterocycles. The Hall–Kier alpha value is -0.920. The van der Waals surface area contributed by atoms with Crippen molar-refractivity contribution in [2.75, 3.05) is 38.5 Å². The van der Waals surface area contributed by atoms with Crippen molar-refractivity contribution in [3.8, 4) is 0 Å². The predicted molar refractivity (Wildman–Crippen MR) is 59.6 cm³/mol.